The molecule has 0 atom stereocenters. The number of rotatable bonds is 5. The van der Waals surface area contributed by atoms with Crippen LogP contribution in [0.3, 0.4) is 0 Å². The van der Waals surface area contributed by atoms with Crippen molar-refractivity contribution >= 4 is 11.8 Å². The summed E-state index contributed by atoms with van der Waals surface area (Å²) < 4.78 is 37.8. The lowest BCUT2D eigenvalue weighted by atomic mass is 10.1. The summed E-state index contributed by atoms with van der Waals surface area (Å²) in [5.41, 5.74) is -1.42. The molecular formula is C12H13F3N2O2. The Morgan fingerprint density at radius 2 is 2.05 bits per heavy atom. The molecule has 0 saturated carbocycles. The molecule has 7 heteroatoms. The van der Waals surface area contributed by atoms with Crippen LogP contribution in [-0.4, -0.2) is 18.5 Å². The second kappa shape index (κ2) is 6.33. The minimum Gasteiger partial charge on any atom is -0.319 e. The molecule has 0 spiro atoms. The van der Waals surface area contributed by atoms with Gasteiger partial charge >= 0.3 is 6.18 Å². The Hall–Kier alpha value is -1.89. The van der Waals surface area contributed by atoms with Crippen LogP contribution in [0.5, 0.6) is 0 Å². The van der Waals surface area contributed by atoms with Crippen molar-refractivity contribution in [3.05, 3.63) is 45.5 Å². The molecule has 0 aliphatic carbocycles. The summed E-state index contributed by atoms with van der Waals surface area (Å²) in [6.45, 7) is 0.678. The average Bonchev–Trinajstić information content (AvgIpc) is 2.33. The Morgan fingerprint density at radius 1 is 1.37 bits per heavy atom. The fourth-order valence-corrected chi connectivity index (χ4v) is 1.45. The molecule has 0 amide bonds. The smallest absolute Gasteiger partial charge is 0.319 e. The molecule has 1 aromatic carbocycles. The number of benzene rings is 1. The maximum atomic E-state index is 12.6. The van der Waals surface area contributed by atoms with Crippen LogP contribution in [0.25, 0.3) is 6.08 Å². The molecule has 0 heterocycles. The van der Waals surface area contributed by atoms with Crippen LogP contribution in [0.1, 0.15) is 17.5 Å². The van der Waals surface area contributed by atoms with E-state index in [1.165, 1.54) is 6.08 Å². The van der Waals surface area contributed by atoms with Crippen molar-refractivity contribution < 1.29 is 18.1 Å². The van der Waals surface area contributed by atoms with Gasteiger partial charge in [-0.25, -0.2) is 0 Å². The van der Waals surface area contributed by atoms with Gasteiger partial charge in [0.1, 0.15) is 0 Å². The van der Waals surface area contributed by atoms with E-state index >= 15 is 0 Å². The van der Waals surface area contributed by atoms with Gasteiger partial charge in [0.25, 0.3) is 5.69 Å². The summed E-state index contributed by atoms with van der Waals surface area (Å²) in [4.78, 5) is 9.78. The maximum absolute atomic E-state index is 12.6. The van der Waals surface area contributed by atoms with Crippen LogP contribution in [0.4, 0.5) is 18.9 Å². The molecule has 104 valence electrons. The Kier molecular flexibility index (Phi) is 5.05. The van der Waals surface area contributed by atoms with Crippen molar-refractivity contribution in [1.82, 2.24) is 5.32 Å². The van der Waals surface area contributed by atoms with Crippen LogP contribution in [0, 0.1) is 10.1 Å². The van der Waals surface area contributed by atoms with E-state index in [4.69, 9.17) is 0 Å². The zero-order valence-electron chi connectivity index (χ0n) is 10.2. The second-order valence-corrected chi connectivity index (χ2v) is 3.86. The van der Waals surface area contributed by atoms with Crippen molar-refractivity contribution in [2.24, 2.45) is 0 Å². The molecule has 0 saturated heterocycles. The standard InChI is InChI=1S/C12H13F3N2O2/c1-16-5-3-2-4-9-6-10(12(13,14)15)8-11(7-9)17(18)19/h2,4,6-8,16H,3,5H2,1H3. The number of nitro benzene ring substituents is 1. The van der Waals surface area contributed by atoms with E-state index in [0.717, 1.165) is 12.1 Å². The van der Waals surface area contributed by atoms with Crippen molar-refractivity contribution in [1.29, 1.82) is 0 Å². The molecule has 1 N–H and O–H groups in total. The van der Waals surface area contributed by atoms with E-state index in [-0.39, 0.29) is 5.56 Å². The van der Waals surface area contributed by atoms with Crippen molar-refractivity contribution in [2.75, 3.05) is 13.6 Å². The molecular weight excluding hydrogens is 261 g/mol. The van der Waals surface area contributed by atoms with Crippen LogP contribution in [0.15, 0.2) is 24.3 Å². The molecule has 0 aliphatic heterocycles. The largest absolute Gasteiger partial charge is 0.416 e. The summed E-state index contributed by atoms with van der Waals surface area (Å²) in [5.74, 6) is 0. The molecule has 0 fully saturated rings. The van der Waals surface area contributed by atoms with Crippen molar-refractivity contribution in [3.8, 4) is 0 Å². The Bertz CT molecular complexity index is 484. The quantitative estimate of drug-likeness (QED) is 0.509. The van der Waals surface area contributed by atoms with Gasteiger partial charge in [-0.3, -0.25) is 10.1 Å². The molecule has 0 bridgehead atoms. The molecule has 0 aromatic heterocycles. The number of nitrogens with one attached hydrogen (secondary N) is 1. The van der Waals surface area contributed by atoms with E-state index in [1.54, 1.807) is 13.1 Å². The average molecular weight is 274 g/mol. The van der Waals surface area contributed by atoms with Crippen LogP contribution in [-0.2, 0) is 6.18 Å². The third kappa shape index (κ3) is 4.70. The molecule has 19 heavy (non-hydrogen) atoms. The first-order valence-electron chi connectivity index (χ1n) is 5.52. The summed E-state index contributed by atoms with van der Waals surface area (Å²) in [5, 5.41) is 13.5. The van der Waals surface area contributed by atoms with Gasteiger partial charge in [-0.15, -0.1) is 0 Å². The van der Waals surface area contributed by atoms with Crippen molar-refractivity contribution in [2.45, 2.75) is 12.6 Å². The van der Waals surface area contributed by atoms with E-state index < -0.39 is 22.4 Å². The Labute approximate surface area is 108 Å². The monoisotopic (exact) mass is 274 g/mol. The molecule has 1 rings (SSSR count). The number of nitrogens with zero attached hydrogens (tertiary/aromatic N) is 1. The van der Waals surface area contributed by atoms with E-state index in [9.17, 15) is 23.3 Å². The highest BCUT2D eigenvalue weighted by atomic mass is 19.4. The van der Waals surface area contributed by atoms with Gasteiger partial charge in [0.15, 0.2) is 0 Å². The molecule has 0 unspecified atom stereocenters. The fourth-order valence-electron chi connectivity index (χ4n) is 1.45. The molecule has 0 radical (unpaired) electrons. The van der Waals surface area contributed by atoms with E-state index in [0.29, 0.717) is 19.0 Å². The number of hydrogen-bond acceptors (Lipinski definition) is 3. The summed E-state index contributed by atoms with van der Waals surface area (Å²) in [6, 6.07) is 2.54. The number of halogens is 3. The maximum Gasteiger partial charge on any atom is 0.416 e. The van der Waals surface area contributed by atoms with E-state index in [1.807, 2.05) is 0 Å². The van der Waals surface area contributed by atoms with Crippen LogP contribution < -0.4 is 5.32 Å². The Morgan fingerprint density at radius 3 is 2.58 bits per heavy atom. The topological polar surface area (TPSA) is 55.2 Å². The van der Waals surface area contributed by atoms with Gasteiger partial charge in [-0.05, 0) is 31.6 Å². The summed E-state index contributed by atoms with van der Waals surface area (Å²) >= 11 is 0. The minimum absolute atomic E-state index is 0.164. The summed E-state index contributed by atoms with van der Waals surface area (Å²) in [6.07, 6.45) is -0.866. The number of non-ortho nitro benzene ring substituents is 1. The highest BCUT2D eigenvalue weighted by Crippen LogP contribution is 2.32. The predicted octanol–water partition coefficient (Wildman–Crippen LogP) is 3.24. The highest BCUT2D eigenvalue weighted by molar-refractivity contribution is 5.55. The van der Waals surface area contributed by atoms with Gasteiger partial charge in [-0.2, -0.15) is 13.2 Å². The van der Waals surface area contributed by atoms with Gasteiger partial charge in [-0.1, -0.05) is 12.2 Å². The molecule has 1 aromatic rings. The normalized spacial score (nSPS) is 12.0. The zero-order valence-corrected chi connectivity index (χ0v) is 10.2. The minimum atomic E-state index is -4.60. The predicted molar refractivity (Wildman–Crippen MR) is 65.7 cm³/mol. The molecule has 4 nitrogen and oxygen atoms in total. The number of alkyl halides is 3. The lowest BCUT2D eigenvalue weighted by Crippen LogP contribution is -2.06. The first-order chi connectivity index (χ1) is 8.84. The summed E-state index contributed by atoms with van der Waals surface area (Å²) in [7, 11) is 1.75. The number of nitro groups is 1. The zero-order chi connectivity index (χ0) is 14.5. The third-order valence-corrected chi connectivity index (χ3v) is 2.35. The molecule has 0 aliphatic rings. The van der Waals surface area contributed by atoms with Gasteiger partial charge in [0.2, 0.25) is 0 Å². The highest BCUT2D eigenvalue weighted by Gasteiger charge is 2.32. The first-order valence-corrected chi connectivity index (χ1v) is 5.52. The van der Waals surface area contributed by atoms with Crippen molar-refractivity contribution in [3.63, 3.8) is 0 Å². The fraction of sp³-hybridized carbons (Fsp3) is 0.333. The van der Waals surface area contributed by atoms with Gasteiger partial charge in [0, 0.05) is 12.1 Å². The first kappa shape index (κ1) is 15.2. The third-order valence-electron chi connectivity index (χ3n) is 2.35. The number of hydrogen-bond donors (Lipinski definition) is 1. The SMILES string of the molecule is CNCCC=Cc1cc([N+](=O)[O-])cc(C(F)(F)F)c1. The van der Waals surface area contributed by atoms with Gasteiger partial charge < -0.3 is 5.32 Å². The van der Waals surface area contributed by atoms with Gasteiger partial charge in [0.05, 0.1) is 10.5 Å². The van der Waals surface area contributed by atoms with Crippen LogP contribution >= 0.6 is 0 Å². The lowest BCUT2D eigenvalue weighted by Gasteiger charge is -2.07. The lowest BCUT2D eigenvalue weighted by molar-refractivity contribution is -0.385. The van der Waals surface area contributed by atoms with E-state index in [2.05, 4.69) is 5.32 Å². The Balaban J connectivity index is 3.07. The van der Waals surface area contributed by atoms with Crippen LogP contribution in [0.2, 0.25) is 0 Å². The second-order valence-electron chi connectivity index (χ2n) is 3.86.